The number of halogens is 1. The molecule has 1 atom stereocenters. The van der Waals surface area contributed by atoms with Gasteiger partial charge in [0.1, 0.15) is 19.3 Å². The fourth-order valence-electron chi connectivity index (χ4n) is 3.41. The van der Waals surface area contributed by atoms with Crippen LogP contribution in [-0.2, 0) is 14.8 Å². The average Bonchev–Trinajstić information content (AvgIpc) is 2.74. The Bertz CT molecular complexity index is 1090. The van der Waals surface area contributed by atoms with Gasteiger partial charge in [-0.05, 0) is 18.2 Å². The molecule has 0 amide bonds. The summed E-state index contributed by atoms with van der Waals surface area (Å²) in [5.74, 6) is 1.11. The molecule has 2 heterocycles. The van der Waals surface area contributed by atoms with Crippen LogP contribution in [0.1, 0.15) is 24.2 Å². The van der Waals surface area contributed by atoms with E-state index in [0.717, 1.165) is 11.8 Å². The SMILES string of the molecule is CC(=O)SCCN1c2cc3c(cc2C(O)c2ccc(Cl)cc2S1(=O)=O)OCCO3. The van der Waals surface area contributed by atoms with Gasteiger partial charge < -0.3 is 14.6 Å². The van der Waals surface area contributed by atoms with Crippen molar-refractivity contribution in [3.63, 3.8) is 0 Å². The van der Waals surface area contributed by atoms with Crippen molar-refractivity contribution in [3.05, 3.63) is 46.5 Å². The molecule has 2 aliphatic heterocycles. The second-order valence-electron chi connectivity index (χ2n) is 6.56. The van der Waals surface area contributed by atoms with Gasteiger partial charge in [-0.3, -0.25) is 9.10 Å². The number of nitrogens with zero attached hydrogens (tertiary/aromatic N) is 1. The maximum absolute atomic E-state index is 13.5. The van der Waals surface area contributed by atoms with Crippen LogP contribution < -0.4 is 13.8 Å². The molecule has 0 bridgehead atoms. The molecule has 10 heteroatoms. The van der Waals surface area contributed by atoms with Crippen LogP contribution in [0.2, 0.25) is 5.02 Å². The van der Waals surface area contributed by atoms with Crippen molar-refractivity contribution < 1.29 is 27.8 Å². The summed E-state index contributed by atoms with van der Waals surface area (Å²) in [6, 6.07) is 7.56. The van der Waals surface area contributed by atoms with E-state index in [-0.39, 0.29) is 32.9 Å². The first-order valence-electron chi connectivity index (χ1n) is 8.86. The maximum Gasteiger partial charge on any atom is 0.264 e. The fourth-order valence-corrected chi connectivity index (χ4v) is 6.07. The summed E-state index contributed by atoms with van der Waals surface area (Å²) in [5, 5.41) is 11.2. The third-order valence-corrected chi connectivity index (χ3v) is 7.59. The zero-order chi connectivity index (χ0) is 20.8. The van der Waals surface area contributed by atoms with Gasteiger partial charge in [0.15, 0.2) is 16.6 Å². The normalized spacial score (nSPS) is 19.1. The van der Waals surface area contributed by atoms with Crippen LogP contribution in [0.15, 0.2) is 35.2 Å². The van der Waals surface area contributed by atoms with Crippen LogP contribution in [0.3, 0.4) is 0 Å². The molecular weight excluding hydrogens is 438 g/mol. The number of fused-ring (bicyclic) bond motifs is 3. The van der Waals surface area contributed by atoms with Crippen LogP contribution in [0.25, 0.3) is 0 Å². The van der Waals surface area contributed by atoms with E-state index in [2.05, 4.69) is 0 Å². The third kappa shape index (κ3) is 3.68. The Labute approximate surface area is 177 Å². The largest absolute Gasteiger partial charge is 0.486 e. The molecule has 2 aliphatic rings. The van der Waals surface area contributed by atoms with Crippen LogP contribution in [0.4, 0.5) is 5.69 Å². The van der Waals surface area contributed by atoms with Gasteiger partial charge >= 0.3 is 0 Å². The predicted octanol–water partition coefficient (Wildman–Crippen LogP) is 2.98. The topological polar surface area (TPSA) is 93.1 Å². The number of aliphatic hydroxyl groups excluding tert-OH is 1. The monoisotopic (exact) mass is 455 g/mol. The number of benzene rings is 2. The molecule has 0 spiro atoms. The molecule has 0 aliphatic carbocycles. The average molecular weight is 456 g/mol. The predicted molar refractivity (Wildman–Crippen MR) is 111 cm³/mol. The van der Waals surface area contributed by atoms with Crippen molar-refractivity contribution in [1.29, 1.82) is 0 Å². The van der Waals surface area contributed by atoms with Crippen LogP contribution in [0.5, 0.6) is 11.5 Å². The summed E-state index contributed by atoms with van der Waals surface area (Å²) in [6.45, 7) is 2.18. The van der Waals surface area contributed by atoms with Crippen molar-refractivity contribution in [2.75, 3.05) is 29.8 Å². The number of thioether (sulfide) groups is 1. The first-order valence-corrected chi connectivity index (χ1v) is 11.7. The van der Waals surface area contributed by atoms with E-state index in [1.807, 2.05) is 0 Å². The minimum absolute atomic E-state index is 0.0396. The van der Waals surface area contributed by atoms with E-state index in [1.165, 1.54) is 29.4 Å². The molecule has 2 aromatic rings. The van der Waals surface area contributed by atoms with E-state index in [1.54, 1.807) is 12.1 Å². The lowest BCUT2D eigenvalue weighted by atomic mass is 9.99. The molecule has 29 heavy (non-hydrogen) atoms. The Morgan fingerprint density at radius 1 is 1.21 bits per heavy atom. The molecule has 154 valence electrons. The molecule has 0 aromatic heterocycles. The number of hydrogen-bond donors (Lipinski definition) is 1. The molecule has 1 unspecified atom stereocenters. The van der Waals surface area contributed by atoms with E-state index < -0.39 is 16.1 Å². The van der Waals surface area contributed by atoms with Crippen molar-refractivity contribution in [2.24, 2.45) is 0 Å². The Morgan fingerprint density at radius 2 is 1.90 bits per heavy atom. The lowest BCUT2D eigenvalue weighted by Gasteiger charge is -2.27. The molecule has 4 rings (SSSR count). The standard InChI is InChI=1S/C19H18ClNO6S2/c1-11(22)28-7-4-21-15-10-17-16(26-5-6-27-17)9-14(15)19(23)13-3-2-12(20)8-18(13)29(21,24)25/h2-3,8-10,19,23H,4-7H2,1H3. The highest BCUT2D eigenvalue weighted by molar-refractivity contribution is 8.13. The first kappa shape index (κ1) is 20.3. The van der Waals surface area contributed by atoms with E-state index >= 15 is 0 Å². The number of anilines is 1. The number of hydrogen-bond acceptors (Lipinski definition) is 7. The van der Waals surface area contributed by atoms with E-state index in [0.29, 0.717) is 36.0 Å². The first-order chi connectivity index (χ1) is 13.8. The second kappa shape index (κ2) is 7.71. The minimum atomic E-state index is -4.04. The Balaban J connectivity index is 1.93. The highest BCUT2D eigenvalue weighted by Crippen LogP contribution is 2.46. The maximum atomic E-state index is 13.5. The number of carbonyl (C=O) groups excluding carboxylic acids is 1. The van der Waals surface area contributed by atoms with Gasteiger partial charge in [0.2, 0.25) is 0 Å². The minimum Gasteiger partial charge on any atom is -0.486 e. The summed E-state index contributed by atoms with van der Waals surface area (Å²) in [6.07, 6.45) is -1.20. The fraction of sp³-hybridized carbons (Fsp3) is 0.316. The second-order valence-corrected chi connectivity index (χ2v) is 10.1. The van der Waals surface area contributed by atoms with Gasteiger partial charge in [0, 0.05) is 41.4 Å². The molecule has 0 saturated carbocycles. The van der Waals surface area contributed by atoms with Crippen LogP contribution >= 0.6 is 23.4 Å². The van der Waals surface area contributed by atoms with E-state index in [9.17, 15) is 18.3 Å². The lowest BCUT2D eigenvalue weighted by Crippen LogP contribution is -2.33. The molecule has 0 saturated heterocycles. The van der Waals surface area contributed by atoms with Crippen molar-refractivity contribution in [3.8, 4) is 11.5 Å². The molecular formula is C19H18ClNO6S2. The highest BCUT2D eigenvalue weighted by Gasteiger charge is 2.37. The Morgan fingerprint density at radius 3 is 2.59 bits per heavy atom. The van der Waals surface area contributed by atoms with Crippen LogP contribution in [-0.4, -0.2) is 44.2 Å². The van der Waals surface area contributed by atoms with Gasteiger partial charge in [-0.25, -0.2) is 8.42 Å². The van der Waals surface area contributed by atoms with Gasteiger partial charge in [0.25, 0.3) is 10.0 Å². The highest BCUT2D eigenvalue weighted by atomic mass is 35.5. The van der Waals surface area contributed by atoms with Gasteiger partial charge in [-0.1, -0.05) is 29.4 Å². The summed E-state index contributed by atoms with van der Waals surface area (Å²) in [7, 11) is -4.04. The number of carbonyl (C=O) groups is 1. The van der Waals surface area contributed by atoms with Gasteiger partial charge in [-0.15, -0.1) is 0 Å². The summed E-state index contributed by atoms with van der Waals surface area (Å²) >= 11 is 7.09. The molecule has 7 nitrogen and oxygen atoms in total. The van der Waals surface area contributed by atoms with Gasteiger partial charge in [-0.2, -0.15) is 0 Å². The quantitative estimate of drug-likeness (QED) is 0.760. The molecule has 1 N–H and O–H groups in total. The van der Waals surface area contributed by atoms with E-state index in [4.69, 9.17) is 21.1 Å². The van der Waals surface area contributed by atoms with Gasteiger partial charge in [0.05, 0.1) is 10.6 Å². The van der Waals surface area contributed by atoms with Crippen LogP contribution in [0, 0.1) is 0 Å². The summed E-state index contributed by atoms with van der Waals surface area (Å²) in [5.41, 5.74) is 0.902. The zero-order valence-corrected chi connectivity index (χ0v) is 17.8. The van der Waals surface area contributed by atoms with Crippen molar-refractivity contribution in [1.82, 2.24) is 0 Å². The summed E-state index contributed by atoms with van der Waals surface area (Å²) < 4.78 is 39.5. The van der Waals surface area contributed by atoms with Crippen molar-refractivity contribution in [2.45, 2.75) is 17.9 Å². The molecule has 0 radical (unpaired) electrons. The van der Waals surface area contributed by atoms with Crippen molar-refractivity contribution >= 4 is 44.2 Å². The zero-order valence-electron chi connectivity index (χ0n) is 15.4. The number of sulfonamides is 1. The Hall–Kier alpha value is -1.94. The number of aliphatic hydroxyl groups is 1. The number of rotatable bonds is 3. The molecule has 2 aromatic carbocycles. The lowest BCUT2D eigenvalue weighted by molar-refractivity contribution is -0.109. The smallest absolute Gasteiger partial charge is 0.264 e. The Kier molecular flexibility index (Phi) is 5.41. The molecule has 0 fully saturated rings. The summed E-state index contributed by atoms with van der Waals surface area (Å²) in [4.78, 5) is 11.3. The number of ether oxygens (including phenoxy) is 2. The third-order valence-electron chi connectivity index (χ3n) is 4.69.